The summed E-state index contributed by atoms with van der Waals surface area (Å²) in [7, 11) is 0. The predicted molar refractivity (Wildman–Crippen MR) is 146 cm³/mol. The number of nitrogens with zero attached hydrogens (tertiary/aromatic N) is 2. The van der Waals surface area contributed by atoms with Gasteiger partial charge < -0.3 is 9.84 Å². The van der Waals surface area contributed by atoms with Crippen LogP contribution in [0.2, 0.25) is 0 Å². The first-order chi connectivity index (χ1) is 16.5. The van der Waals surface area contributed by atoms with E-state index in [1.807, 2.05) is 36.4 Å². The van der Waals surface area contributed by atoms with Crippen LogP contribution in [0.15, 0.2) is 76.7 Å². The van der Waals surface area contributed by atoms with Gasteiger partial charge in [0, 0.05) is 17.3 Å². The van der Waals surface area contributed by atoms with Crippen molar-refractivity contribution in [1.82, 2.24) is 0 Å². The lowest BCUT2D eigenvalue weighted by molar-refractivity contribution is 0.317. The molecule has 0 spiro atoms. The molecule has 35 heavy (non-hydrogen) atoms. The van der Waals surface area contributed by atoms with Gasteiger partial charge in [0.15, 0.2) is 0 Å². The predicted octanol–water partition coefficient (Wildman–Crippen LogP) is 7.13. The number of aromatic hydroxyl groups is 1. The van der Waals surface area contributed by atoms with Gasteiger partial charge >= 0.3 is 0 Å². The molecule has 0 amide bonds. The van der Waals surface area contributed by atoms with Crippen LogP contribution in [-0.4, -0.2) is 29.9 Å². The molecule has 0 bridgehead atoms. The zero-order valence-corrected chi connectivity index (χ0v) is 21.7. The highest BCUT2D eigenvalue weighted by Gasteiger charge is 2.25. The summed E-state index contributed by atoms with van der Waals surface area (Å²) in [6.45, 7) is 13.5. The molecule has 3 aromatic rings. The minimum Gasteiger partial charge on any atom is -0.507 e. The third-order valence-corrected chi connectivity index (χ3v) is 6.32. The van der Waals surface area contributed by atoms with Gasteiger partial charge in [0.25, 0.3) is 0 Å². The molecule has 0 radical (unpaired) electrons. The van der Waals surface area contributed by atoms with Crippen LogP contribution in [0.1, 0.15) is 69.4 Å². The summed E-state index contributed by atoms with van der Waals surface area (Å²) in [5.41, 5.74) is 5.45. The lowest BCUT2D eigenvalue weighted by atomic mass is 9.79. The van der Waals surface area contributed by atoms with E-state index < -0.39 is 0 Å². The van der Waals surface area contributed by atoms with E-state index in [2.05, 4.69) is 71.9 Å². The van der Waals surface area contributed by atoms with E-state index in [0.717, 1.165) is 23.2 Å². The summed E-state index contributed by atoms with van der Waals surface area (Å²) < 4.78 is 5.99. The van der Waals surface area contributed by atoms with Gasteiger partial charge in [-0.05, 0) is 46.6 Å². The number of benzene rings is 3. The summed E-state index contributed by atoms with van der Waals surface area (Å²) >= 11 is 0. The van der Waals surface area contributed by atoms with Crippen molar-refractivity contribution in [3.05, 3.63) is 94.5 Å². The number of hydrogen-bond acceptors (Lipinski definition) is 4. The number of ether oxygens (including phenoxy) is 1. The monoisotopic (exact) mass is 468 g/mol. The summed E-state index contributed by atoms with van der Waals surface area (Å²) in [4.78, 5) is 9.64. The van der Waals surface area contributed by atoms with E-state index in [9.17, 15) is 5.11 Å². The second-order valence-electron chi connectivity index (χ2n) is 11.3. The standard InChI is InChI=1S/C31H36N2O2/c1-30(2,3)23-17-22(28(34)26(18-23)31(4,5)6)19-32-27-15-11-10-14-25(27)29-33-24(20-35-29)16-21-12-8-7-9-13-21/h7-15,17-19,24,34H,16,20H2,1-6H3/t24-/m0/s1. The van der Waals surface area contributed by atoms with Gasteiger partial charge in [-0.25, -0.2) is 4.99 Å². The number of aliphatic imine (C=N–C) groups is 2. The molecule has 0 unspecified atom stereocenters. The minimum atomic E-state index is -0.188. The third kappa shape index (κ3) is 5.82. The second-order valence-corrected chi connectivity index (χ2v) is 11.3. The molecule has 1 aliphatic heterocycles. The quantitative estimate of drug-likeness (QED) is 0.405. The molecule has 1 aliphatic rings. The first-order valence-electron chi connectivity index (χ1n) is 12.3. The average molecular weight is 469 g/mol. The van der Waals surface area contributed by atoms with Gasteiger partial charge in [-0.15, -0.1) is 0 Å². The highest BCUT2D eigenvalue weighted by atomic mass is 16.5. The molecule has 0 saturated carbocycles. The van der Waals surface area contributed by atoms with Crippen molar-refractivity contribution >= 4 is 17.8 Å². The maximum absolute atomic E-state index is 11.1. The molecule has 182 valence electrons. The second kappa shape index (κ2) is 9.69. The Hall–Kier alpha value is -3.40. The van der Waals surface area contributed by atoms with Gasteiger partial charge in [-0.3, -0.25) is 4.99 Å². The Kier molecular flexibility index (Phi) is 6.84. The molecular formula is C31H36N2O2. The van der Waals surface area contributed by atoms with Crippen molar-refractivity contribution in [1.29, 1.82) is 0 Å². The van der Waals surface area contributed by atoms with E-state index >= 15 is 0 Å². The maximum Gasteiger partial charge on any atom is 0.218 e. The summed E-state index contributed by atoms with van der Waals surface area (Å²) in [6.07, 6.45) is 2.61. The topological polar surface area (TPSA) is 54.2 Å². The van der Waals surface area contributed by atoms with Crippen molar-refractivity contribution in [3.8, 4) is 5.75 Å². The van der Waals surface area contributed by atoms with Crippen molar-refractivity contribution in [2.75, 3.05) is 6.61 Å². The van der Waals surface area contributed by atoms with E-state index in [1.165, 1.54) is 11.1 Å². The van der Waals surface area contributed by atoms with E-state index in [1.54, 1.807) is 6.21 Å². The Bertz CT molecular complexity index is 1250. The zero-order valence-electron chi connectivity index (χ0n) is 21.7. The molecular weight excluding hydrogens is 432 g/mol. The normalized spacial score (nSPS) is 16.4. The van der Waals surface area contributed by atoms with Gasteiger partial charge in [-0.1, -0.05) is 90.1 Å². The number of phenolic OH excluding ortho intramolecular Hbond substituents is 1. The van der Waals surface area contributed by atoms with Crippen LogP contribution in [0.5, 0.6) is 5.75 Å². The summed E-state index contributed by atoms with van der Waals surface area (Å²) in [6, 6.07) is 22.5. The average Bonchev–Trinajstić information content (AvgIpc) is 3.26. The molecule has 0 aliphatic carbocycles. The van der Waals surface area contributed by atoms with Crippen LogP contribution in [0.25, 0.3) is 0 Å². The molecule has 4 nitrogen and oxygen atoms in total. The van der Waals surface area contributed by atoms with E-state index in [4.69, 9.17) is 14.7 Å². The fourth-order valence-electron chi connectivity index (χ4n) is 4.22. The van der Waals surface area contributed by atoms with Crippen molar-refractivity contribution < 1.29 is 9.84 Å². The Balaban J connectivity index is 1.66. The van der Waals surface area contributed by atoms with E-state index in [-0.39, 0.29) is 22.6 Å². The molecule has 1 atom stereocenters. The fraction of sp³-hybridized carbons (Fsp3) is 0.355. The Morgan fingerprint density at radius 3 is 2.31 bits per heavy atom. The molecule has 1 N–H and O–H groups in total. The third-order valence-electron chi connectivity index (χ3n) is 6.32. The fourth-order valence-corrected chi connectivity index (χ4v) is 4.22. The Labute approximate surface area is 209 Å². The molecule has 0 aromatic heterocycles. The molecule has 4 heteroatoms. The van der Waals surface area contributed by atoms with Crippen LogP contribution in [0.3, 0.4) is 0 Å². The summed E-state index contributed by atoms with van der Waals surface area (Å²) in [5, 5.41) is 11.1. The number of para-hydroxylation sites is 1. The molecule has 3 aromatic carbocycles. The van der Waals surface area contributed by atoms with Gasteiger partial charge in [0.05, 0.1) is 17.3 Å². The maximum atomic E-state index is 11.1. The lowest BCUT2D eigenvalue weighted by Crippen LogP contribution is -2.17. The van der Waals surface area contributed by atoms with Crippen LogP contribution >= 0.6 is 0 Å². The van der Waals surface area contributed by atoms with E-state index in [0.29, 0.717) is 18.1 Å². The van der Waals surface area contributed by atoms with Crippen LogP contribution in [-0.2, 0) is 22.0 Å². The van der Waals surface area contributed by atoms with Crippen molar-refractivity contribution in [3.63, 3.8) is 0 Å². The largest absolute Gasteiger partial charge is 0.507 e. The van der Waals surface area contributed by atoms with Crippen LogP contribution in [0.4, 0.5) is 5.69 Å². The highest BCUT2D eigenvalue weighted by Crippen LogP contribution is 2.37. The molecule has 1 heterocycles. The number of hydrogen-bond donors (Lipinski definition) is 1. The summed E-state index contributed by atoms with van der Waals surface area (Å²) in [5.74, 6) is 0.908. The number of rotatable bonds is 5. The zero-order chi connectivity index (χ0) is 25.2. The van der Waals surface area contributed by atoms with Gasteiger partial charge in [-0.2, -0.15) is 0 Å². The van der Waals surface area contributed by atoms with Gasteiger partial charge in [0.1, 0.15) is 12.4 Å². The Morgan fingerprint density at radius 1 is 0.943 bits per heavy atom. The minimum absolute atomic E-state index is 0.0472. The lowest BCUT2D eigenvalue weighted by Gasteiger charge is -2.27. The van der Waals surface area contributed by atoms with Gasteiger partial charge in [0.2, 0.25) is 5.90 Å². The highest BCUT2D eigenvalue weighted by molar-refractivity contribution is 6.01. The smallest absolute Gasteiger partial charge is 0.218 e. The van der Waals surface area contributed by atoms with Crippen LogP contribution in [0, 0.1) is 0 Å². The molecule has 0 saturated heterocycles. The SMILES string of the molecule is CC(C)(C)c1cc(C=Nc2ccccc2C2=N[C@@H](Cc3ccccc3)CO2)c(O)c(C(C)(C)C)c1. The Morgan fingerprint density at radius 2 is 1.63 bits per heavy atom. The van der Waals surface area contributed by atoms with Crippen molar-refractivity contribution in [2.24, 2.45) is 9.98 Å². The first kappa shape index (κ1) is 24.7. The van der Waals surface area contributed by atoms with Crippen molar-refractivity contribution in [2.45, 2.75) is 64.8 Å². The molecule has 4 rings (SSSR count). The number of phenols is 1. The first-order valence-corrected chi connectivity index (χ1v) is 12.3. The van der Waals surface area contributed by atoms with Crippen LogP contribution < -0.4 is 0 Å². The molecule has 0 fully saturated rings.